The lowest BCUT2D eigenvalue weighted by atomic mass is 10.3. The molecule has 0 radical (unpaired) electrons. The zero-order valence-electron chi connectivity index (χ0n) is 8.91. The van der Waals surface area contributed by atoms with Crippen LogP contribution >= 0.6 is 38.5 Å². The number of aromatic nitrogens is 2. The number of H-pyrrole nitrogens is 1. The summed E-state index contributed by atoms with van der Waals surface area (Å²) in [5, 5.41) is 8.56. The molecule has 0 aliphatic heterocycles. The van der Waals surface area contributed by atoms with Crippen molar-refractivity contribution in [1.29, 1.82) is 0 Å². The van der Waals surface area contributed by atoms with Crippen molar-refractivity contribution in [1.82, 2.24) is 10.2 Å². The van der Waals surface area contributed by atoms with Gasteiger partial charge in [-0.1, -0.05) is 0 Å². The summed E-state index contributed by atoms with van der Waals surface area (Å²) in [6, 6.07) is 8.08. The Morgan fingerprint density at radius 1 is 1.33 bits per heavy atom. The van der Waals surface area contributed by atoms with E-state index >= 15 is 0 Å². The van der Waals surface area contributed by atoms with Crippen molar-refractivity contribution in [3.8, 4) is 0 Å². The fourth-order valence-corrected chi connectivity index (χ4v) is 2.00. The van der Waals surface area contributed by atoms with Crippen molar-refractivity contribution >= 4 is 50.1 Å². The molecule has 2 aromatic rings. The molecule has 0 fully saturated rings. The molecule has 7 heteroatoms. The van der Waals surface area contributed by atoms with Gasteiger partial charge in [-0.3, -0.25) is 9.59 Å². The summed E-state index contributed by atoms with van der Waals surface area (Å²) in [6.07, 6.45) is 0. The predicted molar refractivity (Wildman–Crippen MR) is 79.7 cm³/mol. The molecular formula is C11H7BrIN3O2. The predicted octanol–water partition coefficient (Wildman–Crippen LogP) is 2.39. The molecular weight excluding hydrogens is 413 g/mol. The van der Waals surface area contributed by atoms with Gasteiger partial charge in [0.05, 0.1) is 0 Å². The largest absolute Gasteiger partial charge is 0.321 e. The van der Waals surface area contributed by atoms with Crippen molar-refractivity contribution < 1.29 is 4.79 Å². The van der Waals surface area contributed by atoms with Gasteiger partial charge in [-0.2, -0.15) is 5.10 Å². The molecule has 1 amide bonds. The third-order valence-corrected chi connectivity index (χ3v) is 4.41. The highest BCUT2D eigenvalue weighted by Gasteiger charge is 2.08. The second kappa shape index (κ2) is 5.61. The first-order valence-corrected chi connectivity index (χ1v) is 6.75. The van der Waals surface area contributed by atoms with E-state index < -0.39 is 0 Å². The Labute approximate surface area is 124 Å². The maximum Gasteiger partial charge on any atom is 0.276 e. The number of carbonyl (C=O) groups excluding carboxylic acids is 1. The molecule has 0 aliphatic rings. The van der Waals surface area contributed by atoms with Gasteiger partial charge < -0.3 is 5.32 Å². The smallest absolute Gasteiger partial charge is 0.276 e. The van der Waals surface area contributed by atoms with Crippen LogP contribution in [0.2, 0.25) is 0 Å². The van der Waals surface area contributed by atoms with Gasteiger partial charge in [-0.15, -0.1) is 0 Å². The van der Waals surface area contributed by atoms with Gasteiger partial charge in [0.15, 0.2) is 0 Å². The minimum Gasteiger partial charge on any atom is -0.321 e. The minimum absolute atomic E-state index is 0.160. The van der Waals surface area contributed by atoms with Crippen LogP contribution in [-0.2, 0) is 0 Å². The fraction of sp³-hybridized carbons (Fsp3) is 0. The summed E-state index contributed by atoms with van der Waals surface area (Å²) >= 11 is 5.53. The van der Waals surface area contributed by atoms with Gasteiger partial charge in [0, 0.05) is 19.8 Å². The lowest BCUT2D eigenvalue weighted by Crippen LogP contribution is -2.17. The normalized spacial score (nSPS) is 10.1. The monoisotopic (exact) mass is 419 g/mol. The molecule has 0 saturated carbocycles. The number of hydrogen-bond donors (Lipinski definition) is 2. The Balaban J connectivity index is 2.18. The molecule has 92 valence electrons. The first kappa shape index (κ1) is 13.2. The van der Waals surface area contributed by atoms with E-state index in [-0.39, 0.29) is 17.2 Å². The van der Waals surface area contributed by atoms with E-state index in [1.54, 1.807) is 6.07 Å². The number of hydrogen-bond acceptors (Lipinski definition) is 3. The molecule has 0 bridgehead atoms. The Bertz CT molecular complexity index is 636. The molecule has 1 aromatic heterocycles. The Morgan fingerprint density at radius 2 is 2.11 bits per heavy atom. The number of aromatic amines is 1. The summed E-state index contributed by atoms with van der Waals surface area (Å²) in [7, 11) is 0. The van der Waals surface area contributed by atoms with Gasteiger partial charge in [0.25, 0.3) is 11.5 Å². The van der Waals surface area contributed by atoms with Crippen LogP contribution in [0.4, 0.5) is 5.69 Å². The van der Waals surface area contributed by atoms with Crippen LogP contribution in [0.5, 0.6) is 0 Å². The summed E-state index contributed by atoms with van der Waals surface area (Å²) in [4.78, 5) is 22.6. The van der Waals surface area contributed by atoms with Crippen LogP contribution in [0.25, 0.3) is 0 Å². The van der Waals surface area contributed by atoms with Crippen molar-refractivity contribution in [3.63, 3.8) is 0 Å². The number of carbonyl (C=O) groups is 1. The third kappa shape index (κ3) is 3.16. The molecule has 1 heterocycles. The fourth-order valence-electron chi connectivity index (χ4n) is 1.24. The summed E-state index contributed by atoms with van der Waals surface area (Å²) < 4.78 is 1.95. The summed E-state index contributed by atoms with van der Waals surface area (Å²) in [5.74, 6) is -0.371. The second-order valence-electron chi connectivity index (χ2n) is 3.39. The average Bonchev–Trinajstić information content (AvgIpc) is 2.34. The zero-order chi connectivity index (χ0) is 13.1. The Hall–Kier alpha value is -1.22. The zero-order valence-corrected chi connectivity index (χ0v) is 12.6. The van der Waals surface area contributed by atoms with E-state index in [0.717, 1.165) is 8.04 Å². The highest BCUT2D eigenvalue weighted by molar-refractivity contribution is 14.1. The topological polar surface area (TPSA) is 74.8 Å². The first-order valence-electron chi connectivity index (χ1n) is 4.88. The molecule has 0 spiro atoms. The molecule has 0 aliphatic carbocycles. The van der Waals surface area contributed by atoms with E-state index in [1.807, 2.05) is 12.1 Å². The number of halogens is 2. The Kier molecular flexibility index (Phi) is 4.12. The van der Waals surface area contributed by atoms with Crippen molar-refractivity contribution in [2.75, 3.05) is 5.32 Å². The van der Waals surface area contributed by atoms with Crippen molar-refractivity contribution in [2.45, 2.75) is 0 Å². The van der Waals surface area contributed by atoms with E-state index in [1.165, 1.54) is 12.1 Å². The quantitative estimate of drug-likeness (QED) is 0.734. The third-order valence-electron chi connectivity index (χ3n) is 2.09. The van der Waals surface area contributed by atoms with E-state index in [4.69, 9.17) is 0 Å². The van der Waals surface area contributed by atoms with E-state index in [9.17, 15) is 9.59 Å². The highest BCUT2D eigenvalue weighted by Crippen LogP contribution is 2.22. The van der Waals surface area contributed by atoms with Crippen molar-refractivity contribution in [2.24, 2.45) is 0 Å². The standard InChI is InChI=1S/C11H7BrIN3O2/c12-7-2-1-6(5-8(7)13)14-11(18)9-3-4-10(17)16-15-9/h1-5H,(H,14,18)(H,16,17). The summed E-state index contributed by atoms with van der Waals surface area (Å²) in [6.45, 7) is 0. The molecule has 2 N–H and O–H groups in total. The average molecular weight is 420 g/mol. The lowest BCUT2D eigenvalue weighted by Gasteiger charge is -2.05. The van der Waals surface area contributed by atoms with E-state index in [2.05, 4.69) is 54.0 Å². The lowest BCUT2D eigenvalue weighted by molar-refractivity contribution is 0.102. The molecule has 2 rings (SSSR count). The Morgan fingerprint density at radius 3 is 2.72 bits per heavy atom. The van der Waals surface area contributed by atoms with Gasteiger partial charge in [-0.05, 0) is 62.8 Å². The molecule has 0 saturated heterocycles. The van der Waals surface area contributed by atoms with Crippen LogP contribution in [-0.4, -0.2) is 16.1 Å². The highest BCUT2D eigenvalue weighted by atomic mass is 127. The van der Waals surface area contributed by atoms with E-state index in [0.29, 0.717) is 5.69 Å². The number of benzene rings is 1. The van der Waals surface area contributed by atoms with Crippen LogP contribution in [0, 0.1) is 3.57 Å². The molecule has 5 nitrogen and oxygen atoms in total. The van der Waals surface area contributed by atoms with Crippen LogP contribution in [0.1, 0.15) is 10.5 Å². The number of nitrogens with one attached hydrogen (secondary N) is 2. The first-order chi connectivity index (χ1) is 8.56. The number of rotatable bonds is 2. The maximum atomic E-state index is 11.8. The van der Waals surface area contributed by atoms with Gasteiger partial charge in [0.1, 0.15) is 5.69 Å². The van der Waals surface area contributed by atoms with Crippen LogP contribution in [0.3, 0.4) is 0 Å². The SMILES string of the molecule is O=C(Nc1ccc(Br)c(I)c1)c1ccc(=O)[nH]n1. The van der Waals surface area contributed by atoms with Gasteiger partial charge in [0.2, 0.25) is 0 Å². The minimum atomic E-state index is -0.371. The maximum absolute atomic E-state index is 11.8. The molecule has 18 heavy (non-hydrogen) atoms. The molecule has 0 atom stereocenters. The number of nitrogens with zero attached hydrogens (tertiary/aromatic N) is 1. The summed E-state index contributed by atoms with van der Waals surface area (Å²) in [5.41, 5.74) is 0.484. The van der Waals surface area contributed by atoms with Gasteiger partial charge in [-0.25, -0.2) is 5.10 Å². The molecule has 1 aromatic carbocycles. The molecule has 0 unspecified atom stereocenters. The number of anilines is 1. The van der Waals surface area contributed by atoms with Crippen LogP contribution < -0.4 is 10.9 Å². The van der Waals surface area contributed by atoms with Crippen LogP contribution in [0.15, 0.2) is 39.6 Å². The van der Waals surface area contributed by atoms with Gasteiger partial charge >= 0.3 is 0 Å². The second-order valence-corrected chi connectivity index (χ2v) is 5.41. The van der Waals surface area contributed by atoms with Crippen molar-refractivity contribution in [3.05, 3.63) is 54.4 Å². The number of amides is 1.